The Kier molecular flexibility index (Phi) is 3.31. The van der Waals surface area contributed by atoms with Crippen molar-refractivity contribution >= 4 is 22.7 Å². The van der Waals surface area contributed by atoms with Gasteiger partial charge in [-0.1, -0.05) is 12.1 Å². The Morgan fingerprint density at radius 1 is 0.750 bits per heavy atom. The first kappa shape index (κ1) is 14.8. The molecule has 0 bridgehead atoms. The maximum atomic E-state index is 2.31. The summed E-state index contributed by atoms with van der Waals surface area (Å²) in [6.45, 7) is 2.19. The molecule has 120 valence electrons. The predicted octanol–water partition coefficient (Wildman–Crippen LogP) is 4.34. The zero-order valence-corrected chi connectivity index (χ0v) is 14.6. The highest BCUT2D eigenvalue weighted by Gasteiger charge is 2.26. The summed E-state index contributed by atoms with van der Waals surface area (Å²) in [5.74, 6) is 0. The molecular formula is C21H22N3+. The second kappa shape index (κ2) is 5.38. The van der Waals surface area contributed by atoms with E-state index in [0.29, 0.717) is 0 Å². The lowest BCUT2D eigenvalue weighted by Crippen LogP contribution is -2.30. The number of nitrogens with zero attached hydrogens (tertiary/aromatic N) is 3. The Labute approximate surface area is 143 Å². The summed E-state index contributed by atoms with van der Waals surface area (Å²) < 4.78 is 2.18. The SMILES string of the molecule is Cc1cc2c(cc1-c1cccc[n+]1C)N(C)c1ccccc1N2C. The van der Waals surface area contributed by atoms with E-state index >= 15 is 0 Å². The zero-order valence-electron chi connectivity index (χ0n) is 14.6. The molecule has 4 rings (SSSR count). The highest BCUT2D eigenvalue weighted by atomic mass is 15.2. The summed E-state index contributed by atoms with van der Waals surface area (Å²) in [6.07, 6.45) is 2.10. The van der Waals surface area contributed by atoms with Gasteiger partial charge in [0.1, 0.15) is 7.05 Å². The number of anilines is 4. The van der Waals surface area contributed by atoms with Crippen LogP contribution in [0.4, 0.5) is 22.7 Å². The number of aryl methyl sites for hydroxylation is 2. The van der Waals surface area contributed by atoms with Crippen LogP contribution in [0.15, 0.2) is 60.8 Å². The summed E-state index contributed by atoms with van der Waals surface area (Å²) in [6, 6.07) is 19.5. The van der Waals surface area contributed by atoms with E-state index in [-0.39, 0.29) is 0 Å². The molecule has 0 radical (unpaired) electrons. The van der Waals surface area contributed by atoms with Gasteiger partial charge in [0, 0.05) is 26.2 Å². The van der Waals surface area contributed by atoms with Crippen molar-refractivity contribution in [3.63, 3.8) is 0 Å². The van der Waals surface area contributed by atoms with E-state index in [1.807, 2.05) is 0 Å². The first-order valence-corrected chi connectivity index (χ1v) is 8.24. The Bertz CT molecular complexity index is 930. The molecule has 0 amide bonds. The molecule has 3 aromatic rings. The third-order valence-electron chi connectivity index (χ3n) is 4.98. The summed E-state index contributed by atoms with van der Waals surface area (Å²) >= 11 is 0. The van der Waals surface area contributed by atoms with E-state index in [1.165, 1.54) is 39.6 Å². The standard InChI is InChI=1S/C21H22N3/c1-15-13-20-21(14-16(15)17-9-7-8-12-22(17)2)24(4)19-11-6-5-10-18(19)23(20)3/h5-14H,1-4H3/q+1. The van der Waals surface area contributed by atoms with Crippen LogP contribution in [0.5, 0.6) is 0 Å². The normalized spacial score (nSPS) is 12.8. The number of aromatic nitrogens is 1. The van der Waals surface area contributed by atoms with E-state index in [4.69, 9.17) is 0 Å². The van der Waals surface area contributed by atoms with Crippen LogP contribution < -0.4 is 14.4 Å². The van der Waals surface area contributed by atoms with E-state index in [2.05, 4.69) is 103 Å². The van der Waals surface area contributed by atoms with Gasteiger partial charge in [0.15, 0.2) is 6.20 Å². The van der Waals surface area contributed by atoms with Gasteiger partial charge in [-0.2, -0.15) is 0 Å². The first-order chi connectivity index (χ1) is 11.6. The average Bonchev–Trinajstić information content (AvgIpc) is 2.60. The number of benzene rings is 2. The Hall–Kier alpha value is -2.81. The molecule has 0 N–H and O–H groups in total. The summed E-state index contributed by atoms with van der Waals surface area (Å²) in [4.78, 5) is 4.57. The van der Waals surface area contributed by atoms with Gasteiger partial charge in [-0.05, 0) is 42.8 Å². The Balaban J connectivity index is 1.94. The largest absolute Gasteiger partial charge is 0.341 e. The lowest BCUT2D eigenvalue weighted by molar-refractivity contribution is -0.660. The van der Waals surface area contributed by atoms with Gasteiger partial charge in [0.25, 0.3) is 0 Å². The summed E-state index contributed by atoms with van der Waals surface area (Å²) in [7, 11) is 6.39. The van der Waals surface area contributed by atoms with Crippen molar-refractivity contribution in [1.29, 1.82) is 0 Å². The molecule has 3 nitrogen and oxygen atoms in total. The molecule has 0 spiro atoms. The van der Waals surface area contributed by atoms with Gasteiger partial charge in [-0.25, -0.2) is 4.57 Å². The molecule has 1 aliphatic heterocycles. The van der Waals surface area contributed by atoms with Crippen molar-refractivity contribution in [2.45, 2.75) is 6.92 Å². The molecule has 24 heavy (non-hydrogen) atoms. The lowest BCUT2D eigenvalue weighted by atomic mass is 9.99. The number of rotatable bonds is 1. The van der Waals surface area contributed by atoms with Gasteiger partial charge < -0.3 is 9.80 Å². The summed E-state index contributed by atoms with van der Waals surface area (Å²) in [5.41, 5.74) is 8.75. The number of pyridine rings is 1. The van der Waals surface area contributed by atoms with Gasteiger partial charge in [0.05, 0.1) is 28.3 Å². The minimum Gasteiger partial charge on any atom is -0.341 e. The molecule has 0 fully saturated rings. The number of hydrogen-bond acceptors (Lipinski definition) is 2. The molecular weight excluding hydrogens is 294 g/mol. The minimum atomic E-state index is 1.23. The molecule has 0 saturated heterocycles. The number of hydrogen-bond donors (Lipinski definition) is 0. The molecule has 0 saturated carbocycles. The lowest BCUT2D eigenvalue weighted by Gasteiger charge is -2.37. The molecule has 0 atom stereocenters. The van der Waals surface area contributed by atoms with E-state index in [0.717, 1.165) is 0 Å². The average molecular weight is 316 g/mol. The second-order valence-electron chi connectivity index (χ2n) is 6.46. The quantitative estimate of drug-likeness (QED) is 0.618. The maximum Gasteiger partial charge on any atom is 0.212 e. The van der Waals surface area contributed by atoms with Crippen LogP contribution in [0.1, 0.15) is 5.56 Å². The highest BCUT2D eigenvalue weighted by Crippen LogP contribution is 2.47. The fourth-order valence-electron chi connectivity index (χ4n) is 3.59. The van der Waals surface area contributed by atoms with Crippen molar-refractivity contribution in [3.05, 3.63) is 66.4 Å². The van der Waals surface area contributed by atoms with Gasteiger partial charge in [-0.15, -0.1) is 0 Å². The van der Waals surface area contributed by atoms with E-state index in [9.17, 15) is 0 Å². The van der Waals surface area contributed by atoms with Gasteiger partial charge >= 0.3 is 0 Å². The highest BCUT2D eigenvalue weighted by molar-refractivity contribution is 5.94. The van der Waals surface area contributed by atoms with Crippen molar-refractivity contribution < 1.29 is 4.57 Å². The molecule has 1 aliphatic rings. The number of para-hydroxylation sites is 2. The smallest absolute Gasteiger partial charge is 0.212 e. The maximum absolute atomic E-state index is 2.31. The van der Waals surface area contributed by atoms with Crippen molar-refractivity contribution in [3.8, 4) is 11.3 Å². The van der Waals surface area contributed by atoms with Crippen LogP contribution in [0.3, 0.4) is 0 Å². The monoisotopic (exact) mass is 316 g/mol. The van der Waals surface area contributed by atoms with Crippen molar-refractivity contribution in [2.24, 2.45) is 7.05 Å². The van der Waals surface area contributed by atoms with Gasteiger partial charge in [0.2, 0.25) is 5.69 Å². The molecule has 1 aromatic heterocycles. The van der Waals surface area contributed by atoms with E-state index < -0.39 is 0 Å². The van der Waals surface area contributed by atoms with Crippen LogP contribution in [0, 0.1) is 6.92 Å². The fraction of sp³-hybridized carbons (Fsp3) is 0.190. The Morgan fingerprint density at radius 2 is 1.33 bits per heavy atom. The molecule has 0 unspecified atom stereocenters. The van der Waals surface area contributed by atoms with Gasteiger partial charge in [-0.3, -0.25) is 0 Å². The molecule has 2 aromatic carbocycles. The van der Waals surface area contributed by atoms with Crippen molar-refractivity contribution in [1.82, 2.24) is 0 Å². The molecule has 0 aliphatic carbocycles. The minimum absolute atomic E-state index is 1.23. The van der Waals surface area contributed by atoms with Crippen LogP contribution >= 0.6 is 0 Å². The summed E-state index contributed by atoms with van der Waals surface area (Å²) in [5, 5.41) is 0. The van der Waals surface area contributed by atoms with Crippen LogP contribution in [-0.4, -0.2) is 14.1 Å². The van der Waals surface area contributed by atoms with Crippen LogP contribution in [0.2, 0.25) is 0 Å². The third kappa shape index (κ3) is 2.08. The third-order valence-corrected chi connectivity index (χ3v) is 4.98. The first-order valence-electron chi connectivity index (χ1n) is 8.24. The molecule has 2 heterocycles. The fourth-order valence-corrected chi connectivity index (χ4v) is 3.59. The zero-order chi connectivity index (χ0) is 16.8. The van der Waals surface area contributed by atoms with E-state index in [1.54, 1.807) is 0 Å². The predicted molar refractivity (Wildman–Crippen MR) is 100 cm³/mol. The number of fused-ring (bicyclic) bond motifs is 2. The van der Waals surface area contributed by atoms with Crippen LogP contribution in [0.25, 0.3) is 11.3 Å². The van der Waals surface area contributed by atoms with Crippen LogP contribution in [-0.2, 0) is 7.05 Å². The van der Waals surface area contributed by atoms with Crippen molar-refractivity contribution in [2.75, 3.05) is 23.9 Å². The Morgan fingerprint density at radius 3 is 1.96 bits per heavy atom. The molecule has 3 heteroatoms. The topological polar surface area (TPSA) is 10.4 Å². The second-order valence-corrected chi connectivity index (χ2v) is 6.46.